The minimum Gasteiger partial charge on any atom is -0.493 e. The van der Waals surface area contributed by atoms with Gasteiger partial charge in [-0.05, 0) is 48.2 Å². The number of carbonyl (C=O) groups is 1. The van der Waals surface area contributed by atoms with Gasteiger partial charge in [0, 0.05) is 17.0 Å². The molecule has 0 aliphatic rings. The number of nitrogens with zero attached hydrogens (tertiary/aromatic N) is 1. The number of aliphatic carboxylic acids is 1. The first-order valence-electron chi connectivity index (χ1n) is 9.93. The van der Waals surface area contributed by atoms with Gasteiger partial charge in [-0.1, -0.05) is 26.8 Å². The largest absolute Gasteiger partial charge is 0.493 e. The molecule has 0 aliphatic carbocycles. The molecule has 1 aromatic heterocycles. The molecule has 3 aromatic rings. The summed E-state index contributed by atoms with van der Waals surface area (Å²) in [4.78, 5) is 16.4. The van der Waals surface area contributed by atoms with Crippen molar-refractivity contribution < 1.29 is 23.8 Å². The Labute approximate surface area is 175 Å². The van der Waals surface area contributed by atoms with E-state index in [1.54, 1.807) is 26.4 Å². The molecular formula is C24H27NO5. The third kappa shape index (κ3) is 4.32. The van der Waals surface area contributed by atoms with E-state index in [0.29, 0.717) is 28.2 Å². The summed E-state index contributed by atoms with van der Waals surface area (Å²) in [5, 5.41) is 11.0. The fourth-order valence-electron chi connectivity index (χ4n) is 3.31. The monoisotopic (exact) mass is 409 g/mol. The SMILES string of the molecule is CCc1ccc2oc(-c3ccc(OC)c(OC)c3)cc(=N[C@@H](C(=O)O)C(C)C)c2c1. The van der Waals surface area contributed by atoms with Crippen LogP contribution in [-0.4, -0.2) is 31.3 Å². The standard InChI is InChI=1S/C24H27NO5/c1-6-15-7-9-19-17(11-15)18(25-23(14(2)3)24(26)27)13-21(30-19)16-8-10-20(28-4)22(12-16)29-5/h7-14,23H,6H2,1-5H3,(H,26,27)/t23-/m1/s1. The van der Waals surface area contributed by atoms with E-state index >= 15 is 0 Å². The van der Waals surface area contributed by atoms with Crippen molar-refractivity contribution >= 4 is 16.9 Å². The number of hydrogen-bond donors (Lipinski definition) is 1. The molecule has 1 atom stereocenters. The molecule has 3 rings (SSSR count). The van der Waals surface area contributed by atoms with Crippen molar-refractivity contribution in [3.8, 4) is 22.8 Å². The fourth-order valence-corrected chi connectivity index (χ4v) is 3.31. The molecule has 0 saturated carbocycles. The Morgan fingerprint density at radius 1 is 1.07 bits per heavy atom. The van der Waals surface area contributed by atoms with Crippen molar-refractivity contribution in [2.24, 2.45) is 10.9 Å². The van der Waals surface area contributed by atoms with Crippen LogP contribution in [0.3, 0.4) is 0 Å². The Balaban J connectivity index is 2.29. The highest BCUT2D eigenvalue weighted by Gasteiger charge is 2.20. The smallest absolute Gasteiger partial charge is 0.328 e. The van der Waals surface area contributed by atoms with Crippen LogP contribution >= 0.6 is 0 Å². The molecule has 0 amide bonds. The molecule has 158 valence electrons. The molecule has 1 heterocycles. The Hall–Kier alpha value is -3.28. The predicted octanol–water partition coefficient (Wildman–Crippen LogP) is 4.69. The topological polar surface area (TPSA) is 81.3 Å². The van der Waals surface area contributed by atoms with E-state index in [-0.39, 0.29) is 5.92 Å². The lowest BCUT2D eigenvalue weighted by Crippen LogP contribution is -2.27. The molecule has 0 radical (unpaired) electrons. The third-order valence-electron chi connectivity index (χ3n) is 5.05. The van der Waals surface area contributed by atoms with Gasteiger partial charge in [0.25, 0.3) is 0 Å². The first kappa shape index (κ1) is 21.4. The van der Waals surface area contributed by atoms with Gasteiger partial charge in [0.1, 0.15) is 17.4 Å². The van der Waals surface area contributed by atoms with E-state index in [2.05, 4.69) is 11.9 Å². The second kappa shape index (κ2) is 9.03. The van der Waals surface area contributed by atoms with Crippen LogP contribution in [0, 0.1) is 5.92 Å². The van der Waals surface area contributed by atoms with E-state index in [4.69, 9.17) is 13.9 Å². The average Bonchev–Trinajstić information content (AvgIpc) is 2.75. The molecule has 2 aromatic carbocycles. The number of carboxylic acids is 1. The first-order valence-corrected chi connectivity index (χ1v) is 9.93. The van der Waals surface area contributed by atoms with E-state index in [1.807, 2.05) is 44.2 Å². The molecule has 0 bridgehead atoms. The molecule has 0 fully saturated rings. The second-order valence-electron chi connectivity index (χ2n) is 7.41. The van der Waals surface area contributed by atoms with Crippen molar-refractivity contribution in [1.29, 1.82) is 0 Å². The summed E-state index contributed by atoms with van der Waals surface area (Å²) in [6, 6.07) is 12.4. The quantitative estimate of drug-likeness (QED) is 0.612. The lowest BCUT2D eigenvalue weighted by Gasteiger charge is -2.13. The van der Waals surface area contributed by atoms with Crippen LogP contribution < -0.4 is 14.8 Å². The van der Waals surface area contributed by atoms with Gasteiger partial charge in [-0.3, -0.25) is 4.99 Å². The summed E-state index contributed by atoms with van der Waals surface area (Å²) in [5.74, 6) is 0.673. The van der Waals surface area contributed by atoms with Crippen molar-refractivity contribution in [1.82, 2.24) is 0 Å². The Morgan fingerprint density at radius 2 is 1.80 bits per heavy atom. The van der Waals surface area contributed by atoms with Crippen molar-refractivity contribution in [3.05, 3.63) is 53.4 Å². The molecular weight excluding hydrogens is 382 g/mol. The van der Waals surface area contributed by atoms with Crippen LogP contribution in [0.15, 0.2) is 51.9 Å². The van der Waals surface area contributed by atoms with E-state index in [0.717, 1.165) is 22.9 Å². The summed E-state index contributed by atoms with van der Waals surface area (Å²) < 4.78 is 16.9. The Morgan fingerprint density at radius 3 is 2.40 bits per heavy atom. The van der Waals surface area contributed by atoms with E-state index in [1.165, 1.54) is 0 Å². The van der Waals surface area contributed by atoms with E-state index < -0.39 is 12.0 Å². The number of ether oxygens (including phenoxy) is 2. The highest BCUT2D eigenvalue weighted by Crippen LogP contribution is 2.33. The van der Waals surface area contributed by atoms with Crippen LogP contribution in [0.4, 0.5) is 0 Å². The van der Waals surface area contributed by atoms with Gasteiger partial charge in [0.05, 0.1) is 19.6 Å². The van der Waals surface area contributed by atoms with Gasteiger partial charge >= 0.3 is 5.97 Å². The molecule has 30 heavy (non-hydrogen) atoms. The molecule has 0 aliphatic heterocycles. The van der Waals surface area contributed by atoms with Gasteiger partial charge in [-0.25, -0.2) is 4.79 Å². The molecule has 1 N–H and O–H groups in total. The first-order chi connectivity index (χ1) is 14.4. The second-order valence-corrected chi connectivity index (χ2v) is 7.41. The molecule has 0 saturated heterocycles. The highest BCUT2D eigenvalue weighted by atomic mass is 16.5. The van der Waals surface area contributed by atoms with Gasteiger partial charge in [-0.15, -0.1) is 0 Å². The summed E-state index contributed by atoms with van der Waals surface area (Å²) >= 11 is 0. The predicted molar refractivity (Wildman–Crippen MR) is 116 cm³/mol. The van der Waals surface area contributed by atoms with Crippen LogP contribution in [-0.2, 0) is 11.2 Å². The lowest BCUT2D eigenvalue weighted by atomic mass is 10.0. The lowest BCUT2D eigenvalue weighted by molar-refractivity contribution is -0.139. The normalized spacial score (nSPS) is 12.9. The maximum Gasteiger partial charge on any atom is 0.328 e. The molecule has 0 spiro atoms. The third-order valence-corrected chi connectivity index (χ3v) is 5.05. The van der Waals surface area contributed by atoms with Crippen molar-refractivity contribution in [2.75, 3.05) is 14.2 Å². The summed E-state index contributed by atoms with van der Waals surface area (Å²) in [5.41, 5.74) is 2.55. The summed E-state index contributed by atoms with van der Waals surface area (Å²) in [6.45, 7) is 5.77. The molecule has 0 unspecified atom stereocenters. The van der Waals surface area contributed by atoms with Gasteiger partial charge in [0.2, 0.25) is 0 Å². The Kier molecular flexibility index (Phi) is 6.45. The number of rotatable bonds is 7. The summed E-state index contributed by atoms with van der Waals surface area (Å²) in [6.07, 6.45) is 0.860. The number of hydrogen-bond acceptors (Lipinski definition) is 5. The van der Waals surface area contributed by atoms with E-state index in [9.17, 15) is 9.90 Å². The molecule has 6 heteroatoms. The number of benzene rings is 2. The molecule has 6 nitrogen and oxygen atoms in total. The van der Waals surface area contributed by atoms with Crippen LogP contribution in [0.5, 0.6) is 11.5 Å². The van der Waals surface area contributed by atoms with Crippen LogP contribution in [0.2, 0.25) is 0 Å². The van der Waals surface area contributed by atoms with Gasteiger partial charge in [0.15, 0.2) is 11.5 Å². The summed E-state index contributed by atoms with van der Waals surface area (Å²) in [7, 11) is 3.16. The maximum absolute atomic E-state index is 11.8. The van der Waals surface area contributed by atoms with Gasteiger partial charge in [-0.2, -0.15) is 0 Å². The number of carboxylic acid groups (broad SMARTS) is 1. The minimum atomic E-state index is -0.946. The average molecular weight is 409 g/mol. The van der Waals surface area contributed by atoms with Crippen molar-refractivity contribution in [3.63, 3.8) is 0 Å². The minimum absolute atomic E-state index is 0.145. The number of aryl methyl sites for hydroxylation is 1. The zero-order chi connectivity index (χ0) is 21.8. The zero-order valence-corrected chi connectivity index (χ0v) is 17.9. The maximum atomic E-state index is 11.8. The number of methoxy groups -OCH3 is 2. The fraction of sp³-hybridized carbons (Fsp3) is 0.333. The van der Waals surface area contributed by atoms with Crippen LogP contribution in [0.25, 0.3) is 22.3 Å². The van der Waals surface area contributed by atoms with Gasteiger partial charge < -0.3 is 19.0 Å². The van der Waals surface area contributed by atoms with Crippen molar-refractivity contribution in [2.45, 2.75) is 33.2 Å². The highest BCUT2D eigenvalue weighted by molar-refractivity contribution is 5.80. The Bertz CT molecular complexity index is 1130. The van der Waals surface area contributed by atoms with Crippen LogP contribution in [0.1, 0.15) is 26.3 Å². The number of fused-ring (bicyclic) bond motifs is 1. The zero-order valence-electron chi connectivity index (χ0n) is 17.9.